The summed E-state index contributed by atoms with van der Waals surface area (Å²) in [6.45, 7) is 4.10. The van der Waals surface area contributed by atoms with E-state index in [1.54, 1.807) is 12.4 Å². The lowest BCUT2D eigenvalue weighted by atomic mass is 9.98. The molecule has 0 unspecified atom stereocenters. The molecule has 0 amide bonds. The zero-order valence-corrected chi connectivity index (χ0v) is 10.8. The van der Waals surface area contributed by atoms with Crippen LogP contribution in [0.5, 0.6) is 0 Å². The summed E-state index contributed by atoms with van der Waals surface area (Å²) in [7, 11) is 0. The van der Waals surface area contributed by atoms with Crippen molar-refractivity contribution in [1.29, 1.82) is 0 Å². The largest absolute Gasteiger partial charge is 0.299 e. The third kappa shape index (κ3) is 3.27. The molecule has 0 bridgehead atoms. The van der Waals surface area contributed by atoms with Crippen LogP contribution in [0.15, 0.2) is 42.7 Å². The van der Waals surface area contributed by atoms with Crippen molar-refractivity contribution in [3.63, 3.8) is 0 Å². The van der Waals surface area contributed by atoms with Crippen molar-refractivity contribution >= 4 is 5.78 Å². The van der Waals surface area contributed by atoms with E-state index in [1.165, 1.54) is 11.1 Å². The van der Waals surface area contributed by atoms with Crippen molar-refractivity contribution in [1.82, 2.24) is 4.98 Å². The van der Waals surface area contributed by atoms with Gasteiger partial charge in [0.1, 0.15) is 5.78 Å². The van der Waals surface area contributed by atoms with Gasteiger partial charge in [0.2, 0.25) is 0 Å². The maximum absolute atomic E-state index is 12.0. The topological polar surface area (TPSA) is 30.0 Å². The molecule has 0 N–H and O–H groups in total. The highest BCUT2D eigenvalue weighted by Gasteiger charge is 2.07. The lowest BCUT2D eigenvalue weighted by Crippen LogP contribution is -2.08. The molecule has 0 radical (unpaired) electrons. The Bertz CT molecular complexity index is 546. The average Bonchev–Trinajstić information content (AvgIpc) is 2.35. The highest BCUT2D eigenvalue weighted by atomic mass is 16.1. The summed E-state index contributed by atoms with van der Waals surface area (Å²) in [6, 6.07) is 10.0. The van der Waals surface area contributed by atoms with Crippen LogP contribution in [0.4, 0.5) is 0 Å². The van der Waals surface area contributed by atoms with E-state index in [9.17, 15) is 4.79 Å². The molecule has 0 saturated heterocycles. The first-order valence-corrected chi connectivity index (χ1v) is 6.12. The van der Waals surface area contributed by atoms with Gasteiger partial charge in [-0.2, -0.15) is 0 Å². The molecule has 0 aliphatic carbocycles. The van der Waals surface area contributed by atoms with Crippen LogP contribution in [0.3, 0.4) is 0 Å². The van der Waals surface area contributed by atoms with Gasteiger partial charge < -0.3 is 0 Å². The highest BCUT2D eigenvalue weighted by Crippen LogP contribution is 2.12. The van der Waals surface area contributed by atoms with Crippen LogP contribution in [-0.4, -0.2) is 10.8 Å². The molecule has 0 spiro atoms. The molecular formula is C16H17NO. The number of aryl methyl sites for hydroxylation is 2. The Morgan fingerprint density at radius 2 is 2.00 bits per heavy atom. The minimum Gasteiger partial charge on any atom is -0.299 e. The number of hydrogen-bond donors (Lipinski definition) is 0. The Balaban J connectivity index is 2.05. The van der Waals surface area contributed by atoms with E-state index >= 15 is 0 Å². The maximum atomic E-state index is 12.0. The van der Waals surface area contributed by atoms with Crippen molar-refractivity contribution in [2.45, 2.75) is 26.7 Å². The van der Waals surface area contributed by atoms with Gasteiger partial charge in [0, 0.05) is 25.2 Å². The first kappa shape index (κ1) is 12.5. The summed E-state index contributed by atoms with van der Waals surface area (Å²) in [6.07, 6.45) is 4.43. The standard InChI is InChI=1S/C16H17NO/c1-12-5-6-13(2)15(8-12)10-16(18)9-14-4-3-7-17-11-14/h3-8,11H,9-10H2,1-2H3. The number of rotatable bonds is 4. The van der Waals surface area contributed by atoms with Crippen LogP contribution in [-0.2, 0) is 17.6 Å². The molecule has 2 aromatic rings. The Kier molecular flexibility index (Phi) is 3.88. The Hall–Kier alpha value is -1.96. The maximum Gasteiger partial charge on any atom is 0.141 e. The van der Waals surface area contributed by atoms with Gasteiger partial charge in [0.05, 0.1) is 0 Å². The van der Waals surface area contributed by atoms with Gasteiger partial charge in [-0.1, -0.05) is 29.8 Å². The number of ketones is 1. The monoisotopic (exact) mass is 239 g/mol. The average molecular weight is 239 g/mol. The molecule has 2 heteroatoms. The quantitative estimate of drug-likeness (QED) is 0.820. The van der Waals surface area contributed by atoms with E-state index in [2.05, 4.69) is 30.1 Å². The lowest BCUT2D eigenvalue weighted by Gasteiger charge is -2.06. The Morgan fingerprint density at radius 3 is 2.72 bits per heavy atom. The van der Waals surface area contributed by atoms with Gasteiger partial charge in [-0.3, -0.25) is 9.78 Å². The van der Waals surface area contributed by atoms with E-state index in [0.717, 1.165) is 11.1 Å². The fraction of sp³-hybridized carbons (Fsp3) is 0.250. The SMILES string of the molecule is Cc1ccc(C)c(CC(=O)Cc2cccnc2)c1. The summed E-state index contributed by atoms with van der Waals surface area (Å²) in [5.74, 6) is 0.233. The van der Waals surface area contributed by atoms with Crippen molar-refractivity contribution < 1.29 is 4.79 Å². The van der Waals surface area contributed by atoms with Crippen LogP contribution >= 0.6 is 0 Å². The number of pyridine rings is 1. The van der Waals surface area contributed by atoms with Crippen LogP contribution in [0, 0.1) is 13.8 Å². The second-order valence-electron chi connectivity index (χ2n) is 4.68. The molecule has 0 fully saturated rings. The van der Waals surface area contributed by atoms with Gasteiger partial charge in [-0.05, 0) is 36.6 Å². The van der Waals surface area contributed by atoms with Crippen molar-refractivity contribution in [2.75, 3.05) is 0 Å². The molecule has 92 valence electrons. The van der Waals surface area contributed by atoms with Gasteiger partial charge in [-0.25, -0.2) is 0 Å². The molecule has 1 aromatic heterocycles. The molecule has 1 heterocycles. The van der Waals surface area contributed by atoms with Gasteiger partial charge in [0.25, 0.3) is 0 Å². The zero-order chi connectivity index (χ0) is 13.0. The highest BCUT2D eigenvalue weighted by molar-refractivity contribution is 5.83. The minimum atomic E-state index is 0.233. The van der Waals surface area contributed by atoms with Crippen LogP contribution in [0.25, 0.3) is 0 Å². The number of hydrogen-bond acceptors (Lipinski definition) is 2. The van der Waals surface area contributed by atoms with E-state index in [4.69, 9.17) is 0 Å². The molecule has 2 rings (SSSR count). The third-order valence-corrected chi connectivity index (χ3v) is 3.02. The van der Waals surface area contributed by atoms with Crippen molar-refractivity contribution in [2.24, 2.45) is 0 Å². The first-order chi connectivity index (χ1) is 8.65. The van der Waals surface area contributed by atoms with Gasteiger partial charge in [0.15, 0.2) is 0 Å². The minimum absolute atomic E-state index is 0.233. The van der Waals surface area contributed by atoms with E-state index in [-0.39, 0.29) is 5.78 Å². The number of benzene rings is 1. The fourth-order valence-electron chi connectivity index (χ4n) is 2.00. The van der Waals surface area contributed by atoms with Gasteiger partial charge >= 0.3 is 0 Å². The normalized spacial score (nSPS) is 10.3. The van der Waals surface area contributed by atoms with Crippen LogP contribution in [0.2, 0.25) is 0 Å². The number of carbonyl (C=O) groups excluding carboxylic acids is 1. The van der Waals surface area contributed by atoms with Crippen molar-refractivity contribution in [3.05, 3.63) is 65.0 Å². The molecule has 18 heavy (non-hydrogen) atoms. The van der Waals surface area contributed by atoms with Crippen LogP contribution in [0.1, 0.15) is 22.3 Å². The van der Waals surface area contributed by atoms with Crippen molar-refractivity contribution in [3.8, 4) is 0 Å². The summed E-state index contributed by atoms with van der Waals surface area (Å²) < 4.78 is 0. The zero-order valence-electron chi connectivity index (χ0n) is 10.8. The smallest absolute Gasteiger partial charge is 0.141 e. The number of Topliss-reactive ketones (excluding diaryl/α,β-unsaturated/α-hetero) is 1. The Labute approximate surface area is 108 Å². The predicted molar refractivity (Wildman–Crippen MR) is 72.6 cm³/mol. The summed E-state index contributed by atoms with van der Waals surface area (Å²) in [5.41, 5.74) is 4.49. The fourth-order valence-corrected chi connectivity index (χ4v) is 2.00. The number of aromatic nitrogens is 1. The Morgan fingerprint density at radius 1 is 1.17 bits per heavy atom. The molecule has 1 aromatic carbocycles. The predicted octanol–water partition coefficient (Wildman–Crippen LogP) is 3.05. The summed E-state index contributed by atoms with van der Waals surface area (Å²) in [4.78, 5) is 16.0. The summed E-state index contributed by atoms with van der Waals surface area (Å²) >= 11 is 0. The molecule has 2 nitrogen and oxygen atoms in total. The van der Waals surface area contributed by atoms with Gasteiger partial charge in [-0.15, -0.1) is 0 Å². The molecule has 0 aliphatic heterocycles. The second-order valence-corrected chi connectivity index (χ2v) is 4.68. The molecule has 0 atom stereocenters. The third-order valence-electron chi connectivity index (χ3n) is 3.02. The van der Waals surface area contributed by atoms with E-state index in [0.29, 0.717) is 12.8 Å². The number of nitrogens with zero attached hydrogens (tertiary/aromatic N) is 1. The number of carbonyl (C=O) groups is 1. The van der Waals surface area contributed by atoms with E-state index < -0.39 is 0 Å². The van der Waals surface area contributed by atoms with E-state index in [1.807, 2.05) is 19.1 Å². The molecular weight excluding hydrogens is 222 g/mol. The van der Waals surface area contributed by atoms with Crippen LogP contribution < -0.4 is 0 Å². The first-order valence-electron chi connectivity index (χ1n) is 6.12. The lowest BCUT2D eigenvalue weighted by molar-refractivity contribution is -0.117. The molecule has 0 aliphatic rings. The summed E-state index contributed by atoms with van der Waals surface area (Å²) in [5, 5.41) is 0. The molecule has 0 saturated carbocycles. The second kappa shape index (κ2) is 5.58.